The molecule has 0 saturated carbocycles. The van der Waals surface area contributed by atoms with Crippen molar-refractivity contribution in [2.24, 2.45) is 0 Å². The summed E-state index contributed by atoms with van der Waals surface area (Å²) in [6.45, 7) is 0.429. The smallest absolute Gasteiger partial charge is 0.335 e. The van der Waals surface area contributed by atoms with E-state index in [0.717, 1.165) is 0 Å². The van der Waals surface area contributed by atoms with E-state index in [-0.39, 0.29) is 43.9 Å². The topological polar surface area (TPSA) is 104 Å². The van der Waals surface area contributed by atoms with Crippen molar-refractivity contribution >= 4 is 23.5 Å². The number of benzene rings is 1. The number of carbonyl (C=O) groups is 3. The molecule has 0 unspecified atom stereocenters. The van der Waals surface area contributed by atoms with Crippen LogP contribution in [0.25, 0.3) is 0 Å². The summed E-state index contributed by atoms with van der Waals surface area (Å²) in [4.78, 5) is 35.1. The first-order valence-electron chi connectivity index (χ1n) is 6.51. The number of carboxylic acid groups (broad SMARTS) is 2. The van der Waals surface area contributed by atoms with Crippen molar-refractivity contribution in [3.05, 3.63) is 23.8 Å². The number of aliphatic carboxylic acids is 1. The minimum atomic E-state index is -1.10. The van der Waals surface area contributed by atoms with E-state index in [9.17, 15) is 14.4 Å². The van der Waals surface area contributed by atoms with E-state index < -0.39 is 11.9 Å². The molecule has 2 N–H and O–H groups in total. The van der Waals surface area contributed by atoms with Gasteiger partial charge in [0.1, 0.15) is 5.75 Å². The standard InChI is InChI=1S/C14H15NO6/c16-12-5-7-21-11-4-3-9(14(19)20)8-10(11)15(12)6-1-2-13(17)18/h3-4,8H,1-2,5-7H2,(H,17,18)(H,19,20). The Bertz CT molecular complexity index is 583. The molecule has 7 heteroatoms. The minimum Gasteiger partial charge on any atom is -0.491 e. The quantitative estimate of drug-likeness (QED) is 0.849. The molecule has 0 fully saturated rings. The first-order valence-corrected chi connectivity index (χ1v) is 6.51. The van der Waals surface area contributed by atoms with E-state index >= 15 is 0 Å². The fourth-order valence-electron chi connectivity index (χ4n) is 2.13. The van der Waals surface area contributed by atoms with Crippen LogP contribution in [0.1, 0.15) is 29.6 Å². The maximum Gasteiger partial charge on any atom is 0.335 e. The molecule has 1 aromatic carbocycles. The average molecular weight is 293 g/mol. The summed E-state index contributed by atoms with van der Waals surface area (Å²) in [7, 11) is 0. The lowest BCUT2D eigenvalue weighted by molar-refractivity contribution is -0.137. The van der Waals surface area contributed by atoms with Crippen molar-refractivity contribution in [1.29, 1.82) is 0 Å². The van der Waals surface area contributed by atoms with Gasteiger partial charge in [0.05, 0.1) is 24.3 Å². The van der Waals surface area contributed by atoms with Gasteiger partial charge in [-0.25, -0.2) is 4.79 Å². The number of rotatable bonds is 5. The molecule has 1 aliphatic heterocycles. The van der Waals surface area contributed by atoms with E-state index in [1.165, 1.54) is 23.1 Å². The highest BCUT2D eigenvalue weighted by Gasteiger charge is 2.24. The second-order valence-electron chi connectivity index (χ2n) is 4.63. The Morgan fingerprint density at radius 1 is 1.29 bits per heavy atom. The van der Waals surface area contributed by atoms with Crippen LogP contribution in [-0.2, 0) is 9.59 Å². The molecule has 112 valence electrons. The predicted molar refractivity (Wildman–Crippen MR) is 72.7 cm³/mol. The molecule has 0 spiro atoms. The van der Waals surface area contributed by atoms with E-state index in [0.29, 0.717) is 11.4 Å². The minimum absolute atomic E-state index is 0.0512. The van der Waals surface area contributed by atoms with Crippen molar-refractivity contribution in [2.45, 2.75) is 19.3 Å². The van der Waals surface area contributed by atoms with Gasteiger partial charge >= 0.3 is 11.9 Å². The number of ether oxygens (including phenoxy) is 1. The fraction of sp³-hybridized carbons (Fsp3) is 0.357. The average Bonchev–Trinajstić information content (AvgIpc) is 2.57. The van der Waals surface area contributed by atoms with Gasteiger partial charge < -0.3 is 19.8 Å². The molecule has 0 aliphatic carbocycles. The zero-order valence-electron chi connectivity index (χ0n) is 11.2. The van der Waals surface area contributed by atoms with Gasteiger partial charge in [-0.15, -0.1) is 0 Å². The number of fused-ring (bicyclic) bond motifs is 1. The largest absolute Gasteiger partial charge is 0.491 e. The van der Waals surface area contributed by atoms with Crippen LogP contribution in [0.2, 0.25) is 0 Å². The van der Waals surface area contributed by atoms with Gasteiger partial charge in [-0.3, -0.25) is 9.59 Å². The van der Waals surface area contributed by atoms with Gasteiger partial charge in [-0.2, -0.15) is 0 Å². The first-order chi connectivity index (χ1) is 9.99. The van der Waals surface area contributed by atoms with Crippen LogP contribution in [0, 0.1) is 0 Å². The summed E-state index contributed by atoms with van der Waals surface area (Å²) < 4.78 is 5.44. The van der Waals surface area contributed by atoms with Crippen LogP contribution >= 0.6 is 0 Å². The summed E-state index contributed by atoms with van der Waals surface area (Å²) in [5.41, 5.74) is 0.429. The molecule has 0 bridgehead atoms. The lowest BCUT2D eigenvalue weighted by atomic mass is 10.1. The molecule has 1 aliphatic rings. The fourth-order valence-corrected chi connectivity index (χ4v) is 2.13. The third-order valence-corrected chi connectivity index (χ3v) is 3.14. The molecule has 7 nitrogen and oxygen atoms in total. The van der Waals surface area contributed by atoms with E-state index in [1.807, 2.05) is 0 Å². The monoisotopic (exact) mass is 293 g/mol. The number of nitrogens with zero attached hydrogens (tertiary/aromatic N) is 1. The van der Waals surface area contributed by atoms with Crippen LogP contribution in [-0.4, -0.2) is 41.2 Å². The van der Waals surface area contributed by atoms with Gasteiger partial charge in [0.25, 0.3) is 0 Å². The van der Waals surface area contributed by atoms with Crippen LogP contribution in [0.5, 0.6) is 5.75 Å². The summed E-state index contributed by atoms with van der Waals surface area (Å²) in [6.07, 6.45) is 0.403. The number of carbonyl (C=O) groups excluding carboxylic acids is 1. The van der Waals surface area contributed by atoms with Gasteiger partial charge in [0, 0.05) is 13.0 Å². The highest BCUT2D eigenvalue weighted by molar-refractivity contribution is 5.98. The van der Waals surface area contributed by atoms with Crippen molar-refractivity contribution in [1.82, 2.24) is 0 Å². The molecule has 0 radical (unpaired) electrons. The van der Waals surface area contributed by atoms with E-state index in [2.05, 4.69) is 0 Å². The number of anilines is 1. The number of carboxylic acids is 2. The second-order valence-corrected chi connectivity index (χ2v) is 4.63. The van der Waals surface area contributed by atoms with Crippen molar-refractivity contribution in [2.75, 3.05) is 18.1 Å². The van der Waals surface area contributed by atoms with E-state index in [1.54, 1.807) is 0 Å². The Hall–Kier alpha value is -2.57. The zero-order valence-corrected chi connectivity index (χ0v) is 11.2. The Morgan fingerprint density at radius 3 is 2.71 bits per heavy atom. The maximum absolute atomic E-state index is 12.1. The van der Waals surface area contributed by atoms with Crippen molar-refractivity contribution < 1.29 is 29.3 Å². The number of hydrogen-bond donors (Lipinski definition) is 2. The lowest BCUT2D eigenvalue weighted by Crippen LogP contribution is -2.31. The van der Waals surface area contributed by atoms with Crippen molar-refractivity contribution in [3.8, 4) is 5.75 Å². The Balaban J connectivity index is 2.30. The summed E-state index contributed by atoms with van der Waals surface area (Å²) in [6, 6.07) is 4.30. The highest BCUT2D eigenvalue weighted by atomic mass is 16.5. The van der Waals surface area contributed by atoms with Crippen LogP contribution in [0.3, 0.4) is 0 Å². The third-order valence-electron chi connectivity index (χ3n) is 3.14. The highest BCUT2D eigenvalue weighted by Crippen LogP contribution is 2.32. The van der Waals surface area contributed by atoms with Crippen molar-refractivity contribution in [3.63, 3.8) is 0 Å². The Morgan fingerprint density at radius 2 is 2.05 bits per heavy atom. The van der Waals surface area contributed by atoms with Gasteiger partial charge in [-0.1, -0.05) is 0 Å². The molecule has 0 aromatic heterocycles. The molecular weight excluding hydrogens is 278 g/mol. The van der Waals surface area contributed by atoms with Crippen LogP contribution in [0.4, 0.5) is 5.69 Å². The summed E-state index contributed by atoms with van der Waals surface area (Å²) in [5.74, 6) is -1.81. The molecule has 1 amide bonds. The Labute approximate surface area is 120 Å². The van der Waals surface area contributed by atoms with Gasteiger partial charge in [0.2, 0.25) is 5.91 Å². The number of amides is 1. The Kier molecular flexibility index (Phi) is 4.42. The van der Waals surface area contributed by atoms with E-state index in [4.69, 9.17) is 14.9 Å². The molecular formula is C14H15NO6. The second kappa shape index (κ2) is 6.25. The first kappa shape index (κ1) is 14.8. The van der Waals surface area contributed by atoms with Gasteiger partial charge in [0.15, 0.2) is 0 Å². The SMILES string of the molecule is O=C(O)CCCN1C(=O)CCOc2ccc(C(=O)O)cc21. The molecule has 1 aromatic rings. The maximum atomic E-state index is 12.1. The predicted octanol–water partition coefficient (Wildman–Crippen LogP) is 1.37. The summed E-state index contributed by atoms with van der Waals surface area (Å²) >= 11 is 0. The molecule has 0 atom stereocenters. The lowest BCUT2D eigenvalue weighted by Gasteiger charge is -2.22. The zero-order chi connectivity index (χ0) is 15.4. The van der Waals surface area contributed by atoms with Gasteiger partial charge in [-0.05, 0) is 24.6 Å². The molecule has 1 heterocycles. The molecule has 0 saturated heterocycles. The van der Waals surface area contributed by atoms with Crippen LogP contribution < -0.4 is 9.64 Å². The third kappa shape index (κ3) is 3.50. The summed E-state index contributed by atoms with van der Waals surface area (Å²) in [5, 5.41) is 17.7. The number of aromatic carboxylic acids is 1. The molecule has 2 rings (SSSR count). The van der Waals surface area contributed by atoms with Crippen LogP contribution in [0.15, 0.2) is 18.2 Å². The number of hydrogen-bond acceptors (Lipinski definition) is 4. The normalized spacial score (nSPS) is 14.1. The molecule has 21 heavy (non-hydrogen) atoms.